The summed E-state index contributed by atoms with van der Waals surface area (Å²) in [5.74, 6) is 2.59. The maximum Gasteiger partial charge on any atom is 0.247 e. The van der Waals surface area contributed by atoms with Crippen molar-refractivity contribution in [3.8, 4) is 22.8 Å². The quantitative estimate of drug-likeness (QED) is 0.628. The molecule has 0 aliphatic carbocycles. The molecule has 2 aromatic carbocycles. The van der Waals surface area contributed by atoms with Crippen LogP contribution in [0, 0.1) is 0 Å². The molecule has 5 rings (SSSR count). The summed E-state index contributed by atoms with van der Waals surface area (Å²) in [4.78, 5) is 22.9. The Labute approximate surface area is 181 Å². The summed E-state index contributed by atoms with van der Waals surface area (Å²) in [5, 5.41) is 0. The predicted octanol–water partition coefficient (Wildman–Crippen LogP) is 4.40. The van der Waals surface area contributed by atoms with Gasteiger partial charge in [0, 0.05) is 24.6 Å². The second-order valence-corrected chi connectivity index (χ2v) is 7.90. The van der Waals surface area contributed by atoms with Crippen LogP contribution in [0.1, 0.15) is 35.8 Å². The number of aromatic amines is 1. The highest BCUT2D eigenvalue weighted by atomic mass is 16.5. The summed E-state index contributed by atoms with van der Waals surface area (Å²) in [5.41, 5.74) is 4.15. The first kappa shape index (κ1) is 19.4. The van der Waals surface area contributed by atoms with Gasteiger partial charge in [0.2, 0.25) is 5.91 Å². The molecule has 1 atom stereocenters. The van der Waals surface area contributed by atoms with Crippen molar-refractivity contribution in [1.82, 2.24) is 14.9 Å². The van der Waals surface area contributed by atoms with Gasteiger partial charge in [-0.3, -0.25) is 4.79 Å². The average Bonchev–Trinajstić information content (AvgIpc) is 3.57. The number of carbonyl (C=O) groups excluding carboxylic acids is 1. The molecule has 6 heteroatoms. The van der Waals surface area contributed by atoms with E-state index in [1.165, 1.54) is 5.56 Å². The molecular weight excluding hydrogens is 390 g/mol. The maximum atomic E-state index is 13.0. The molecule has 1 saturated heterocycles. The number of fused-ring (bicyclic) bond motifs is 1. The third-order valence-corrected chi connectivity index (χ3v) is 5.96. The number of hydrogen-bond donors (Lipinski definition) is 1. The molecule has 0 saturated carbocycles. The van der Waals surface area contributed by atoms with E-state index < -0.39 is 0 Å². The second-order valence-electron chi connectivity index (χ2n) is 7.90. The number of carbonyl (C=O) groups is 1. The fourth-order valence-corrected chi connectivity index (χ4v) is 4.33. The number of H-pyrrole nitrogens is 1. The third-order valence-electron chi connectivity index (χ3n) is 5.96. The topological polar surface area (TPSA) is 67.4 Å². The Balaban J connectivity index is 1.31. The molecule has 158 valence electrons. The van der Waals surface area contributed by atoms with Crippen molar-refractivity contribution in [1.29, 1.82) is 0 Å². The molecule has 1 fully saturated rings. The van der Waals surface area contributed by atoms with Crippen molar-refractivity contribution >= 4 is 12.0 Å². The first-order valence-corrected chi connectivity index (χ1v) is 10.6. The minimum atomic E-state index is -0.0371. The first-order chi connectivity index (χ1) is 15.2. The number of imidazole rings is 1. The average molecular weight is 415 g/mol. The van der Waals surface area contributed by atoms with E-state index in [9.17, 15) is 4.79 Å². The van der Waals surface area contributed by atoms with Crippen LogP contribution in [0.25, 0.3) is 17.3 Å². The lowest BCUT2D eigenvalue weighted by atomic mass is 10.1. The van der Waals surface area contributed by atoms with Gasteiger partial charge in [-0.1, -0.05) is 18.2 Å². The zero-order chi connectivity index (χ0) is 21.2. The van der Waals surface area contributed by atoms with Crippen molar-refractivity contribution < 1.29 is 14.3 Å². The van der Waals surface area contributed by atoms with Crippen LogP contribution in [-0.2, 0) is 11.2 Å². The Morgan fingerprint density at radius 2 is 2.23 bits per heavy atom. The number of aromatic nitrogens is 2. The van der Waals surface area contributed by atoms with Crippen molar-refractivity contribution in [2.75, 3.05) is 20.3 Å². The number of nitrogens with one attached hydrogen (secondary N) is 1. The molecule has 0 radical (unpaired) electrons. The van der Waals surface area contributed by atoms with Gasteiger partial charge in [-0.05, 0) is 54.3 Å². The first-order valence-electron chi connectivity index (χ1n) is 10.6. The van der Waals surface area contributed by atoms with E-state index in [2.05, 4.69) is 16.0 Å². The Kier molecular flexibility index (Phi) is 5.20. The zero-order valence-electron chi connectivity index (χ0n) is 17.5. The van der Waals surface area contributed by atoms with Crippen molar-refractivity contribution in [3.63, 3.8) is 0 Å². The number of likely N-dealkylation sites (tertiary alicyclic amines) is 1. The molecule has 1 aromatic heterocycles. The van der Waals surface area contributed by atoms with Gasteiger partial charge in [-0.15, -0.1) is 0 Å². The third kappa shape index (κ3) is 3.93. The Morgan fingerprint density at radius 1 is 1.29 bits per heavy atom. The van der Waals surface area contributed by atoms with Gasteiger partial charge in [0.25, 0.3) is 0 Å². The zero-order valence-corrected chi connectivity index (χ0v) is 17.5. The highest BCUT2D eigenvalue weighted by Crippen LogP contribution is 2.32. The standard InChI is InChI=1S/C25H25N3O3/c1-30-20-5-2-4-18(15-20)21-16-26-25(27-21)22-6-3-12-28(22)24(29)10-8-17-7-9-23-19(14-17)11-13-31-23/h2,4-5,7-10,14-16,22H,3,6,11-13H2,1H3,(H,26,27). The van der Waals surface area contributed by atoms with Crippen LogP contribution in [-0.4, -0.2) is 41.0 Å². The normalized spacial score (nSPS) is 17.7. The smallest absolute Gasteiger partial charge is 0.247 e. The van der Waals surface area contributed by atoms with Crippen LogP contribution in [0.2, 0.25) is 0 Å². The molecule has 3 aromatic rings. The second kappa shape index (κ2) is 8.30. The highest BCUT2D eigenvalue weighted by molar-refractivity contribution is 5.92. The lowest BCUT2D eigenvalue weighted by molar-refractivity contribution is -0.127. The van der Waals surface area contributed by atoms with Gasteiger partial charge in [0.15, 0.2) is 0 Å². The lowest BCUT2D eigenvalue weighted by Crippen LogP contribution is -2.29. The molecule has 6 nitrogen and oxygen atoms in total. The van der Waals surface area contributed by atoms with Crippen LogP contribution in [0.15, 0.2) is 54.7 Å². The summed E-state index contributed by atoms with van der Waals surface area (Å²) in [6, 6.07) is 13.9. The molecule has 2 aliphatic rings. The number of rotatable bonds is 5. The summed E-state index contributed by atoms with van der Waals surface area (Å²) in [7, 11) is 1.66. The summed E-state index contributed by atoms with van der Waals surface area (Å²) in [6.45, 7) is 1.47. The van der Waals surface area contributed by atoms with E-state index in [1.54, 1.807) is 13.2 Å². The van der Waals surface area contributed by atoms with Crippen molar-refractivity contribution in [3.05, 3.63) is 71.7 Å². The molecular formula is C25H25N3O3. The highest BCUT2D eigenvalue weighted by Gasteiger charge is 2.31. The maximum absolute atomic E-state index is 13.0. The number of nitrogens with zero attached hydrogens (tertiary/aromatic N) is 2. The van der Waals surface area contributed by atoms with E-state index in [4.69, 9.17) is 9.47 Å². The van der Waals surface area contributed by atoms with E-state index in [-0.39, 0.29) is 11.9 Å². The fourth-order valence-electron chi connectivity index (χ4n) is 4.33. The van der Waals surface area contributed by atoms with Crippen LogP contribution in [0.4, 0.5) is 0 Å². The largest absolute Gasteiger partial charge is 0.497 e. The van der Waals surface area contributed by atoms with Gasteiger partial charge < -0.3 is 19.4 Å². The van der Waals surface area contributed by atoms with Crippen LogP contribution < -0.4 is 9.47 Å². The Hall–Kier alpha value is -3.54. The molecule has 0 bridgehead atoms. The van der Waals surface area contributed by atoms with E-state index in [0.717, 1.165) is 66.6 Å². The lowest BCUT2D eigenvalue weighted by Gasteiger charge is -2.21. The molecule has 2 aliphatic heterocycles. The van der Waals surface area contributed by atoms with E-state index >= 15 is 0 Å². The van der Waals surface area contributed by atoms with Gasteiger partial charge in [0.1, 0.15) is 17.3 Å². The minimum Gasteiger partial charge on any atom is -0.497 e. The SMILES string of the molecule is COc1cccc(-c2cnc(C3CCCN3C(=O)C=Cc3ccc4c(c3)CCO4)[nH]2)c1. The van der Waals surface area contributed by atoms with E-state index in [0.29, 0.717) is 0 Å². The van der Waals surface area contributed by atoms with Crippen molar-refractivity contribution in [2.45, 2.75) is 25.3 Å². The van der Waals surface area contributed by atoms with Gasteiger partial charge in [-0.25, -0.2) is 4.98 Å². The van der Waals surface area contributed by atoms with Crippen LogP contribution >= 0.6 is 0 Å². The number of benzene rings is 2. The van der Waals surface area contributed by atoms with Gasteiger partial charge in [-0.2, -0.15) is 0 Å². The molecule has 1 N–H and O–H groups in total. The summed E-state index contributed by atoms with van der Waals surface area (Å²) >= 11 is 0. The minimum absolute atomic E-state index is 0.0126. The number of ether oxygens (including phenoxy) is 2. The molecule has 1 amide bonds. The van der Waals surface area contributed by atoms with Crippen LogP contribution in [0.3, 0.4) is 0 Å². The Morgan fingerprint density at radius 3 is 3.13 bits per heavy atom. The van der Waals surface area contributed by atoms with Gasteiger partial charge in [0.05, 0.1) is 31.6 Å². The molecule has 0 spiro atoms. The fraction of sp³-hybridized carbons (Fsp3) is 0.280. The molecule has 31 heavy (non-hydrogen) atoms. The number of hydrogen-bond acceptors (Lipinski definition) is 4. The monoisotopic (exact) mass is 415 g/mol. The number of methoxy groups -OCH3 is 1. The summed E-state index contributed by atoms with van der Waals surface area (Å²) < 4.78 is 10.9. The molecule has 1 unspecified atom stereocenters. The van der Waals surface area contributed by atoms with Crippen molar-refractivity contribution in [2.24, 2.45) is 0 Å². The van der Waals surface area contributed by atoms with Gasteiger partial charge >= 0.3 is 0 Å². The van der Waals surface area contributed by atoms with E-state index in [1.807, 2.05) is 53.6 Å². The van der Waals surface area contributed by atoms with Crippen LogP contribution in [0.5, 0.6) is 11.5 Å². The summed E-state index contributed by atoms with van der Waals surface area (Å²) in [6.07, 6.45) is 8.18. The predicted molar refractivity (Wildman–Crippen MR) is 119 cm³/mol. The number of amides is 1. The Bertz CT molecular complexity index is 1130. The molecule has 3 heterocycles.